The monoisotopic (exact) mass is 564 g/mol. The smallest absolute Gasteiger partial charge is 0.353 e. The predicted molar refractivity (Wildman–Crippen MR) is 133 cm³/mol. The van der Waals surface area contributed by atoms with E-state index in [9.17, 15) is 23.9 Å². The third-order valence-electron chi connectivity index (χ3n) is 5.45. The third-order valence-corrected chi connectivity index (χ3v) is 8.31. The lowest BCUT2D eigenvalue weighted by Gasteiger charge is -2.49. The minimum Gasteiger partial charge on any atom is -0.477 e. The van der Waals surface area contributed by atoms with Crippen molar-refractivity contribution < 1.29 is 28.7 Å². The number of β-lactam (4-membered cyclic amide) rings is 1. The maximum atomic E-state index is 13.0. The summed E-state index contributed by atoms with van der Waals surface area (Å²) in [5.74, 6) is -2.62. The van der Waals surface area contributed by atoms with Crippen molar-refractivity contribution in [3.63, 3.8) is 0 Å². The van der Waals surface area contributed by atoms with Gasteiger partial charge in [-0.1, -0.05) is 28.3 Å². The molecule has 1 saturated heterocycles. The Hall–Kier alpha value is -3.70. The van der Waals surface area contributed by atoms with Gasteiger partial charge in [0.25, 0.3) is 11.8 Å². The molecule has 4 N–H and O–H groups in total. The summed E-state index contributed by atoms with van der Waals surface area (Å²) in [6, 6.07) is -1.55. The Morgan fingerprint density at radius 3 is 2.95 bits per heavy atom. The molecule has 0 saturated carbocycles. The molecule has 37 heavy (non-hydrogen) atoms. The van der Waals surface area contributed by atoms with E-state index >= 15 is 0 Å². The first-order chi connectivity index (χ1) is 17.9. The van der Waals surface area contributed by atoms with Gasteiger partial charge in [-0.2, -0.15) is 0 Å². The molecular formula is C20H17FN8O5S3. The molecule has 5 rings (SSSR count). The zero-order chi connectivity index (χ0) is 26.1. The first kappa shape index (κ1) is 25.0. The summed E-state index contributed by atoms with van der Waals surface area (Å²) < 4.78 is 13.0. The lowest BCUT2D eigenvalue weighted by atomic mass is 9.86. The van der Waals surface area contributed by atoms with Crippen molar-refractivity contribution >= 4 is 73.4 Å². The molecule has 0 unspecified atom stereocenters. The number of carboxylic acid groups (broad SMARTS) is 1. The van der Waals surface area contributed by atoms with Crippen LogP contribution in [0.1, 0.15) is 18.5 Å². The maximum absolute atomic E-state index is 13.0. The van der Waals surface area contributed by atoms with Crippen LogP contribution in [0, 0.1) is 0 Å². The van der Waals surface area contributed by atoms with E-state index < -0.39 is 36.5 Å². The Morgan fingerprint density at radius 1 is 1.41 bits per heavy atom. The molecule has 192 valence electrons. The Balaban J connectivity index is 1.34. The molecular weight excluding hydrogens is 547 g/mol. The number of hydrogen-bond donors (Lipinski definition) is 3. The van der Waals surface area contributed by atoms with Crippen molar-refractivity contribution in [3.8, 4) is 0 Å². The largest absolute Gasteiger partial charge is 0.477 e. The van der Waals surface area contributed by atoms with E-state index in [1.165, 1.54) is 39.7 Å². The van der Waals surface area contributed by atoms with Gasteiger partial charge in [-0.05, 0) is 12.8 Å². The van der Waals surface area contributed by atoms with Gasteiger partial charge < -0.3 is 21.0 Å². The number of aliphatic carboxylic acids is 1. The number of carbonyl (C=O) groups is 3. The van der Waals surface area contributed by atoms with Crippen LogP contribution in [0.5, 0.6) is 0 Å². The number of alkyl halides is 1. The molecule has 2 aliphatic heterocycles. The number of rotatable bonds is 9. The Morgan fingerprint density at radius 2 is 2.24 bits per heavy atom. The molecule has 0 aliphatic carbocycles. The first-order valence-electron chi connectivity index (χ1n) is 10.7. The average Bonchev–Trinajstić information content (AvgIpc) is 3.50. The number of aromatic nitrogens is 4. The Bertz CT molecular complexity index is 1420. The number of nitrogens with two attached hydrogens (primary N) is 1. The summed E-state index contributed by atoms with van der Waals surface area (Å²) in [6.45, 7) is -1.19. The number of carbonyl (C=O) groups excluding carboxylic acids is 2. The number of halogens is 1. The number of thioether (sulfide) groups is 1. The van der Waals surface area contributed by atoms with E-state index in [1.807, 2.05) is 0 Å². The van der Waals surface area contributed by atoms with Gasteiger partial charge in [0, 0.05) is 10.3 Å². The highest BCUT2D eigenvalue weighted by atomic mass is 32.2. The zero-order valence-corrected chi connectivity index (χ0v) is 21.1. The third kappa shape index (κ3) is 4.84. The molecule has 2 atom stereocenters. The van der Waals surface area contributed by atoms with Crippen LogP contribution in [-0.4, -0.2) is 78.8 Å². The van der Waals surface area contributed by atoms with Gasteiger partial charge in [-0.3, -0.25) is 14.5 Å². The van der Waals surface area contributed by atoms with Gasteiger partial charge in [-0.15, -0.1) is 11.3 Å². The van der Waals surface area contributed by atoms with Crippen LogP contribution in [0.3, 0.4) is 0 Å². The number of allylic oxidation sites excluding steroid dienone is 1. The molecule has 13 nitrogen and oxygen atoms in total. The van der Waals surface area contributed by atoms with Crippen LogP contribution in [0.2, 0.25) is 0 Å². The van der Waals surface area contributed by atoms with Crippen LogP contribution in [0.4, 0.5) is 9.52 Å². The number of amides is 2. The molecule has 2 amide bonds. The van der Waals surface area contributed by atoms with Crippen LogP contribution in [-0.2, 0) is 19.2 Å². The topological polar surface area (TPSA) is 186 Å². The minimum absolute atomic E-state index is 0.108. The van der Waals surface area contributed by atoms with Gasteiger partial charge in [0.05, 0.1) is 12.2 Å². The number of nitrogens with one attached hydrogen (secondary N) is 1. The van der Waals surface area contributed by atoms with E-state index in [2.05, 4.69) is 30.4 Å². The molecule has 0 spiro atoms. The normalized spacial score (nSPS) is 19.5. The highest BCUT2D eigenvalue weighted by molar-refractivity contribution is 8.04. The number of nitrogens with zero attached hydrogens (tertiary/aromatic N) is 6. The highest BCUT2D eigenvalue weighted by Gasteiger charge is 2.54. The van der Waals surface area contributed by atoms with Crippen molar-refractivity contribution in [2.75, 3.05) is 19.0 Å². The van der Waals surface area contributed by atoms with Gasteiger partial charge in [0.1, 0.15) is 47.4 Å². The molecule has 0 radical (unpaired) electrons. The van der Waals surface area contributed by atoms with Crippen molar-refractivity contribution in [2.45, 2.75) is 29.3 Å². The summed E-state index contributed by atoms with van der Waals surface area (Å²) in [7, 11) is 0. The number of thiazole rings is 2. The minimum atomic E-state index is -1.26. The number of oxime groups is 1. The number of fused-ring (bicyclic) bond motifs is 2. The first-order valence-corrected chi connectivity index (χ1v) is 13.2. The fourth-order valence-electron chi connectivity index (χ4n) is 3.90. The number of nitrogen functional groups attached to an aromatic ring is 1. The number of hydrogen-bond acceptors (Lipinski definition) is 13. The fourth-order valence-corrected chi connectivity index (χ4v) is 6.62. The van der Waals surface area contributed by atoms with Gasteiger partial charge >= 0.3 is 5.97 Å². The number of anilines is 1. The molecule has 5 heterocycles. The van der Waals surface area contributed by atoms with Crippen LogP contribution < -0.4 is 11.1 Å². The van der Waals surface area contributed by atoms with Crippen LogP contribution in [0.25, 0.3) is 10.3 Å². The standard InChI is InChI=1S/C20H17FN8O5S3/c21-3-4-34-28-12(9-6-35-19(22)25-9)15(30)27-13-10-1-2-11(14(18(32)33)29(10)17(13)31)36-20-26-8-5-23-7-24-16(8)37-20/h5-7,10,13H,1-4H2,(H2,22,25)(H,27,30)(H,32,33)/b28-12+/t10-,13+/m1/s1. The van der Waals surface area contributed by atoms with E-state index in [1.54, 1.807) is 6.20 Å². The summed E-state index contributed by atoms with van der Waals surface area (Å²) in [6.07, 6.45) is 3.74. The highest BCUT2D eigenvalue weighted by Crippen LogP contribution is 2.44. The quantitative estimate of drug-likeness (QED) is 0.148. The van der Waals surface area contributed by atoms with E-state index in [4.69, 9.17) is 10.6 Å². The van der Waals surface area contributed by atoms with Crippen molar-refractivity contribution in [3.05, 3.63) is 34.2 Å². The lowest BCUT2D eigenvalue weighted by Crippen LogP contribution is -2.72. The van der Waals surface area contributed by atoms with Gasteiger partial charge in [-0.25, -0.2) is 29.1 Å². The molecule has 17 heteroatoms. The van der Waals surface area contributed by atoms with Crippen molar-refractivity contribution in [2.24, 2.45) is 5.16 Å². The summed E-state index contributed by atoms with van der Waals surface area (Å²) in [5, 5.41) is 17.8. The van der Waals surface area contributed by atoms with Crippen LogP contribution >= 0.6 is 34.4 Å². The fraction of sp³-hybridized carbons (Fsp3) is 0.300. The molecule has 3 aromatic heterocycles. The van der Waals surface area contributed by atoms with Crippen molar-refractivity contribution in [1.29, 1.82) is 0 Å². The molecule has 0 aromatic carbocycles. The summed E-state index contributed by atoms with van der Waals surface area (Å²) >= 11 is 3.54. The Labute approximate surface area is 219 Å². The predicted octanol–water partition coefficient (Wildman–Crippen LogP) is 1.39. The lowest BCUT2D eigenvalue weighted by molar-refractivity contribution is -0.155. The zero-order valence-electron chi connectivity index (χ0n) is 18.7. The summed E-state index contributed by atoms with van der Waals surface area (Å²) in [5.41, 5.74) is 5.93. The van der Waals surface area contributed by atoms with E-state index in [0.29, 0.717) is 32.4 Å². The van der Waals surface area contributed by atoms with Gasteiger partial charge in [0.15, 0.2) is 15.2 Å². The number of carboxylic acids is 1. The molecule has 3 aromatic rings. The van der Waals surface area contributed by atoms with Crippen molar-refractivity contribution in [1.82, 2.24) is 30.2 Å². The SMILES string of the molecule is Nc1nc(/C(=N\OCCF)C(=O)N[C@@H]2C(=O)N3C(C(=O)O)=C(Sc4nc5cncnc5s4)CC[C@H]23)cs1. The second kappa shape index (κ2) is 10.3. The van der Waals surface area contributed by atoms with Crippen LogP contribution in [0.15, 0.2) is 38.0 Å². The van der Waals surface area contributed by atoms with E-state index in [0.717, 1.165) is 11.3 Å². The molecule has 2 aliphatic rings. The Kier molecular flexibility index (Phi) is 6.98. The molecule has 0 bridgehead atoms. The average molecular weight is 565 g/mol. The maximum Gasteiger partial charge on any atom is 0.353 e. The molecule has 1 fully saturated rings. The van der Waals surface area contributed by atoms with E-state index in [-0.39, 0.29) is 28.8 Å². The second-order valence-corrected chi connectivity index (χ2v) is 10.9. The van der Waals surface area contributed by atoms with Gasteiger partial charge in [0.2, 0.25) is 0 Å². The summed E-state index contributed by atoms with van der Waals surface area (Å²) in [4.78, 5) is 61.8. The second-order valence-electron chi connectivity index (χ2n) is 7.67.